The number of hydrogen-bond donors (Lipinski definition) is 1. The van der Waals surface area contributed by atoms with Gasteiger partial charge in [0.15, 0.2) is 0 Å². The van der Waals surface area contributed by atoms with Gasteiger partial charge in [-0.3, -0.25) is 4.79 Å². The number of halogens is 1. The minimum Gasteiger partial charge on any atom is -0.356 e. The maximum absolute atomic E-state index is 11.5. The molecule has 1 aromatic rings. The predicted molar refractivity (Wildman–Crippen MR) is 76.9 cm³/mol. The second kappa shape index (κ2) is 8.98. The van der Waals surface area contributed by atoms with Gasteiger partial charge >= 0.3 is 0 Å². The van der Waals surface area contributed by atoms with Crippen LogP contribution in [0.4, 0.5) is 0 Å². The number of carbonyl (C=O) groups excluding carboxylic acids is 1. The van der Waals surface area contributed by atoms with Crippen LogP contribution in [0, 0.1) is 0 Å². The van der Waals surface area contributed by atoms with Gasteiger partial charge in [-0.15, -0.1) is 11.6 Å². The molecule has 0 bridgehead atoms. The Morgan fingerprint density at radius 3 is 2.72 bits per heavy atom. The molecule has 2 nitrogen and oxygen atoms in total. The summed E-state index contributed by atoms with van der Waals surface area (Å²) in [5.41, 5.74) is 1.29. The van der Waals surface area contributed by atoms with E-state index in [4.69, 9.17) is 11.6 Å². The van der Waals surface area contributed by atoms with Crippen LogP contribution in [0.5, 0.6) is 0 Å². The van der Waals surface area contributed by atoms with E-state index in [1.807, 2.05) is 18.2 Å². The monoisotopic (exact) mass is 267 g/mol. The number of amides is 1. The third kappa shape index (κ3) is 6.65. The highest BCUT2D eigenvalue weighted by Gasteiger charge is 2.04. The van der Waals surface area contributed by atoms with Crippen LogP contribution in [0.1, 0.15) is 38.2 Å². The Kier molecular flexibility index (Phi) is 7.51. The van der Waals surface area contributed by atoms with Crippen molar-refractivity contribution in [3.63, 3.8) is 0 Å². The minimum atomic E-state index is 0.130. The minimum absolute atomic E-state index is 0.130. The molecule has 0 saturated carbocycles. The van der Waals surface area contributed by atoms with Crippen LogP contribution in [0.3, 0.4) is 0 Å². The van der Waals surface area contributed by atoms with Crippen molar-refractivity contribution in [2.75, 3.05) is 6.54 Å². The highest BCUT2D eigenvalue weighted by molar-refractivity contribution is 6.20. The van der Waals surface area contributed by atoms with Gasteiger partial charge < -0.3 is 5.32 Å². The fourth-order valence-corrected chi connectivity index (χ4v) is 1.87. The zero-order valence-corrected chi connectivity index (χ0v) is 11.7. The summed E-state index contributed by atoms with van der Waals surface area (Å²) >= 11 is 5.98. The van der Waals surface area contributed by atoms with Crippen molar-refractivity contribution in [3.05, 3.63) is 35.9 Å². The Hall–Kier alpha value is -1.02. The summed E-state index contributed by atoms with van der Waals surface area (Å²) in [7, 11) is 0. The molecule has 0 saturated heterocycles. The van der Waals surface area contributed by atoms with E-state index in [2.05, 4.69) is 24.4 Å². The summed E-state index contributed by atoms with van der Waals surface area (Å²) < 4.78 is 0. The topological polar surface area (TPSA) is 29.1 Å². The number of benzene rings is 1. The first-order valence-electron chi connectivity index (χ1n) is 6.67. The molecular formula is C15H22ClNO. The van der Waals surface area contributed by atoms with Gasteiger partial charge in [-0.05, 0) is 31.2 Å². The highest BCUT2D eigenvalue weighted by atomic mass is 35.5. The summed E-state index contributed by atoms with van der Waals surface area (Å²) in [5, 5.41) is 3.09. The van der Waals surface area contributed by atoms with Crippen molar-refractivity contribution in [2.45, 2.75) is 44.4 Å². The lowest BCUT2D eigenvalue weighted by Gasteiger charge is -2.08. The summed E-state index contributed by atoms with van der Waals surface area (Å²) in [6, 6.07) is 10.3. The van der Waals surface area contributed by atoms with E-state index in [9.17, 15) is 4.79 Å². The largest absolute Gasteiger partial charge is 0.356 e. The second-order valence-electron chi connectivity index (χ2n) is 4.48. The molecule has 1 aromatic carbocycles. The van der Waals surface area contributed by atoms with Crippen molar-refractivity contribution in [1.29, 1.82) is 0 Å². The van der Waals surface area contributed by atoms with Gasteiger partial charge in [-0.25, -0.2) is 0 Å². The average Bonchev–Trinajstić information content (AvgIpc) is 2.39. The third-order valence-electron chi connectivity index (χ3n) is 2.93. The van der Waals surface area contributed by atoms with E-state index >= 15 is 0 Å². The molecule has 3 heteroatoms. The van der Waals surface area contributed by atoms with E-state index < -0.39 is 0 Å². The first-order valence-corrected chi connectivity index (χ1v) is 7.10. The van der Waals surface area contributed by atoms with Crippen molar-refractivity contribution >= 4 is 17.5 Å². The Morgan fingerprint density at radius 2 is 2.06 bits per heavy atom. The number of rotatable bonds is 8. The van der Waals surface area contributed by atoms with E-state index in [1.165, 1.54) is 5.56 Å². The van der Waals surface area contributed by atoms with E-state index in [0.717, 1.165) is 25.7 Å². The molecule has 1 atom stereocenters. The molecule has 0 fully saturated rings. The van der Waals surface area contributed by atoms with Crippen molar-refractivity contribution in [1.82, 2.24) is 5.32 Å². The van der Waals surface area contributed by atoms with Crippen LogP contribution in [0.15, 0.2) is 30.3 Å². The molecule has 0 aromatic heterocycles. The van der Waals surface area contributed by atoms with Crippen LogP contribution in [-0.2, 0) is 11.2 Å². The molecule has 0 heterocycles. The zero-order valence-electron chi connectivity index (χ0n) is 11.0. The van der Waals surface area contributed by atoms with Gasteiger partial charge in [0.25, 0.3) is 0 Å². The Bertz CT molecular complexity index is 340. The highest BCUT2D eigenvalue weighted by Crippen LogP contribution is 2.06. The van der Waals surface area contributed by atoms with Gasteiger partial charge in [-0.2, -0.15) is 0 Å². The molecule has 1 N–H and O–H groups in total. The molecule has 1 rings (SSSR count). The molecular weight excluding hydrogens is 246 g/mol. The van der Waals surface area contributed by atoms with Gasteiger partial charge in [-0.1, -0.05) is 37.3 Å². The maximum Gasteiger partial charge on any atom is 0.220 e. The number of nitrogens with one attached hydrogen (secondary N) is 1. The average molecular weight is 268 g/mol. The first kappa shape index (κ1) is 15.0. The number of hydrogen-bond acceptors (Lipinski definition) is 1. The molecule has 100 valence electrons. The lowest BCUT2D eigenvalue weighted by Crippen LogP contribution is -2.25. The van der Waals surface area contributed by atoms with Crippen LogP contribution < -0.4 is 5.32 Å². The Balaban J connectivity index is 2.07. The third-order valence-corrected chi connectivity index (χ3v) is 3.46. The number of alkyl halides is 1. The number of aryl methyl sites for hydroxylation is 1. The molecule has 1 unspecified atom stereocenters. The fraction of sp³-hybridized carbons (Fsp3) is 0.533. The van der Waals surface area contributed by atoms with Crippen LogP contribution in [0.25, 0.3) is 0 Å². The first-order chi connectivity index (χ1) is 8.72. The quantitative estimate of drug-likeness (QED) is 0.718. The van der Waals surface area contributed by atoms with Gasteiger partial charge in [0.1, 0.15) is 0 Å². The lowest BCUT2D eigenvalue weighted by molar-refractivity contribution is -0.121. The Morgan fingerprint density at radius 1 is 1.33 bits per heavy atom. The van der Waals surface area contributed by atoms with Crippen molar-refractivity contribution in [2.24, 2.45) is 0 Å². The zero-order chi connectivity index (χ0) is 13.2. The molecule has 18 heavy (non-hydrogen) atoms. The fourth-order valence-electron chi connectivity index (χ4n) is 1.76. The smallest absolute Gasteiger partial charge is 0.220 e. The normalized spacial score (nSPS) is 12.1. The predicted octanol–water partition coefficient (Wildman–Crippen LogP) is 3.53. The molecule has 1 amide bonds. The molecule has 0 aliphatic heterocycles. The van der Waals surface area contributed by atoms with Gasteiger partial charge in [0.05, 0.1) is 0 Å². The summed E-state index contributed by atoms with van der Waals surface area (Å²) in [6.45, 7) is 2.74. The Labute approximate surface area is 115 Å². The molecule has 0 aliphatic rings. The lowest BCUT2D eigenvalue weighted by atomic mass is 10.1. The molecule has 0 radical (unpaired) electrons. The molecule has 0 aliphatic carbocycles. The second-order valence-corrected chi connectivity index (χ2v) is 5.10. The summed E-state index contributed by atoms with van der Waals surface area (Å²) in [5.74, 6) is 0.130. The number of carbonyl (C=O) groups is 1. The van der Waals surface area contributed by atoms with E-state index in [0.29, 0.717) is 13.0 Å². The van der Waals surface area contributed by atoms with E-state index in [1.54, 1.807) is 0 Å². The van der Waals surface area contributed by atoms with Gasteiger partial charge in [0.2, 0.25) is 5.91 Å². The van der Waals surface area contributed by atoms with Crippen molar-refractivity contribution < 1.29 is 4.79 Å². The van der Waals surface area contributed by atoms with Crippen LogP contribution >= 0.6 is 11.6 Å². The SMILES string of the molecule is CCC(Cl)CCNC(=O)CCCc1ccccc1. The van der Waals surface area contributed by atoms with Gasteiger partial charge in [0, 0.05) is 18.3 Å². The maximum atomic E-state index is 11.5. The van der Waals surface area contributed by atoms with Crippen LogP contribution in [-0.4, -0.2) is 17.8 Å². The summed E-state index contributed by atoms with van der Waals surface area (Å²) in [6.07, 6.45) is 4.25. The van der Waals surface area contributed by atoms with E-state index in [-0.39, 0.29) is 11.3 Å². The summed E-state index contributed by atoms with van der Waals surface area (Å²) in [4.78, 5) is 11.5. The standard InChI is InChI=1S/C15H22ClNO/c1-2-14(16)11-12-17-15(18)10-6-9-13-7-4-3-5-8-13/h3-5,7-8,14H,2,6,9-12H2,1H3,(H,17,18). The van der Waals surface area contributed by atoms with Crippen molar-refractivity contribution in [3.8, 4) is 0 Å². The molecule has 0 spiro atoms. The van der Waals surface area contributed by atoms with Crippen LogP contribution in [0.2, 0.25) is 0 Å².